The van der Waals surface area contributed by atoms with Crippen LogP contribution in [0, 0.1) is 0 Å². The number of hydrogen-bond acceptors (Lipinski definition) is 3. The van der Waals surface area contributed by atoms with Crippen molar-refractivity contribution in [3.8, 4) is 11.4 Å². The lowest BCUT2D eigenvalue weighted by atomic mass is 10.1. The summed E-state index contributed by atoms with van der Waals surface area (Å²) in [6, 6.07) is 7.29. The first-order valence-electron chi connectivity index (χ1n) is 5.41. The molecule has 0 saturated heterocycles. The van der Waals surface area contributed by atoms with Gasteiger partial charge in [-0.15, -0.1) is 0 Å². The molecule has 0 fully saturated rings. The normalized spacial score (nSPS) is 14.8. The summed E-state index contributed by atoms with van der Waals surface area (Å²) in [5.74, 6) is 0.270. The van der Waals surface area contributed by atoms with Crippen LogP contribution in [-0.4, -0.2) is 21.4 Å². The number of nitrogens with one attached hydrogen (secondary N) is 1. The molecule has 2 N–H and O–H groups in total. The van der Waals surface area contributed by atoms with E-state index in [1.165, 1.54) is 11.3 Å². The molecule has 0 amide bonds. The monoisotopic (exact) mass is 215 g/mol. The van der Waals surface area contributed by atoms with E-state index < -0.39 is 0 Å². The molecule has 3 rings (SSSR count). The van der Waals surface area contributed by atoms with Gasteiger partial charge in [-0.3, -0.25) is 0 Å². The number of aromatic hydroxyl groups is 1. The second-order valence-corrected chi connectivity index (χ2v) is 3.94. The highest BCUT2D eigenvalue weighted by Crippen LogP contribution is 2.24. The Kier molecular flexibility index (Phi) is 2.15. The van der Waals surface area contributed by atoms with E-state index in [1.54, 1.807) is 6.07 Å². The standard InChI is InChI=1S/C12H13N3O/c16-12-4-2-1-3-11(12)15-10-5-6-13-7-9(10)8-14-15/h1-4,8,13,16H,5-7H2. The van der Waals surface area contributed by atoms with E-state index in [0.717, 1.165) is 25.2 Å². The fraction of sp³-hybridized carbons (Fsp3) is 0.250. The lowest BCUT2D eigenvalue weighted by Gasteiger charge is -2.15. The van der Waals surface area contributed by atoms with Crippen LogP contribution in [0.25, 0.3) is 5.69 Å². The van der Waals surface area contributed by atoms with Crippen molar-refractivity contribution in [3.63, 3.8) is 0 Å². The van der Waals surface area contributed by atoms with E-state index in [0.29, 0.717) is 0 Å². The number of benzene rings is 1. The van der Waals surface area contributed by atoms with E-state index in [1.807, 2.05) is 29.1 Å². The highest BCUT2D eigenvalue weighted by Gasteiger charge is 2.16. The van der Waals surface area contributed by atoms with Gasteiger partial charge < -0.3 is 10.4 Å². The number of aromatic nitrogens is 2. The molecule has 1 aliphatic rings. The van der Waals surface area contributed by atoms with Gasteiger partial charge in [0.15, 0.2) is 0 Å². The first-order valence-corrected chi connectivity index (χ1v) is 5.41. The van der Waals surface area contributed by atoms with Crippen molar-refractivity contribution in [1.29, 1.82) is 0 Å². The smallest absolute Gasteiger partial charge is 0.141 e. The van der Waals surface area contributed by atoms with Crippen molar-refractivity contribution in [2.24, 2.45) is 0 Å². The molecule has 0 aliphatic carbocycles. The molecule has 82 valence electrons. The van der Waals surface area contributed by atoms with Crippen molar-refractivity contribution >= 4 is 0 Å². The summed E-state index contributed by atoms with van der Waals surface area (Å²) in [5.41, 5.74) is 3.17. The minimum absolute atomic E-state index is 0.270. The molecule has 0 bridgehead atoms. The summed E-state index contributed by atoms with van der Waals surface area (Å²) in [4.78, 5) is 0. The van der Waals surface area contributed by atoms with E-state index >= 15 is 0 Å². The second kappa shape index (κ2) is 3.64. The van der Waals surface area contributed by atoms with Gasteiger partial charge in [0.2, 0.25) is 0 Å². The maximum absolute atomic E-state index is 9.81. The molecular formula is C12H13N3O. The van der Waals surface area contributed by atoms with Crippen LogP contribution in [0.4, 0.5) is 0 Å². The molecule has 4 heteroatoms. The van der Waals surface area contributed by atoms with E-state index in [4.69, 9.17) is 0 Å². The van der Waals surface area contributed by atoms with Crippen LogP contribution in [0.5, 0.6) is 5.75 Å². The van der Waals surface area contributed by atoms with Crippen LogP contribution in [0.3, 0.4) is 0 Å². The van der Waals surface area contributed by atoms with Crippen LogP contribution < -0.4 is 5.32 Å². The summed E-state index contributed by atoms with van der Waals surface area (Å²) in [6.45, 7) is 1.83. The Morgan fingerprint density at radius 1 is 1.31 bits per heavy atom. The number of nitrogens with zero attached hydrogens (tertiary/aromatic N) is 2. The Balaban J connectivity index is 2.13. The Labute approximate surface area is 93.5 Å². The van der Waals surface area contributed by atoms with Gasteiger partial charge >= 0.3 is 0 Å². The molecule has 1 aliphatic heterocycles. The fourth-order valence-electron chi connectivity index (χ4n) is 2.10. The fourth-order valence-corrected chi connectivity index (χ4v) is 2.10. The highest BCUT2D eigenvalue weighted by molar-refractivity contribution is 5.46. The Morgan fingerprint density at radius 2 is 2.19 bits per heavy atom. The van der Waals surface area contributed by atoms with Crippen molar-refractivity contribution in [2.75, 3.05) is 6.54 Å². The lowest BCUT2D eigenvalue weighted by Crippen LogP contribution is -2.24. The number of para-hydroxylation sites is 2. The van der Waals surface area contributed by atoms with Crippen LogP contribution in [0.1, 0.15) is 11.3 Å². The molecule has 0 spiro atoms. The predicted octanol–water partition coefficient (Wildman–Crippen LogP) is 1.22. The first kappa shape index (κ1) is 9.42. The predicted molar refractivity (Wildman–Crippen MR) is 60.6 cm³/mol. The van der Waals surface area contributed by atoms with Crippen molar-refractivity contribution in [1.82, 2.24) is 15.1 Å². The topological polar surface area (TPSA) is 50.1 Å². The van der Waals surface area contributed by atoms with E-state index in [2.05, 4.69) is 10.4 Å². The summed E-state index contributed by atoms with van der Waals surface area (Å²) >= 11 is 0. The zero-order valence-corrected chi connectivity index (χ0v) is 8.85. The second-order valence-electron chi connectivity index (χ2n) is 3.94. The molecule has 4 nitrogen and oxygen atoms in total. The quantitative estimate of drug-likeness (QED) is 0.752. The highest BCUT2D eigenvalue weighted by atomic mass is 16.3. The SMILES string of the molecule is Oc1ccccc1-n1ncc2c1CCNC2. The lowest BCUT2D eigenvalue weighted by molar-refractivity contribution is 0.469. The Hall–Kier alpha value is -1.81. The van der Waals surface area contributed by atoms with Gasteiger partial charge in [-0.2, -0.15) is 5.10 Å². The molecule has 0 radical (unpaired) electrons. The molecule has 0 unspecified atom stereocenters. The first-order chi connectivity index (χ1) is 7.86. The zero-order valence-electron chi connectivity index (χ0n) is 8.85. The van der Waals surface area contributed by atoms with Crippen LogP contribution in [0.15, 0.2) is 30.5 Å². The van der Waals surface area contributed by atoms with Gasteiger partial charge in [0.05, 0.1) is 11.9 Å². The molecular weight excluding hydrogens is 202 g/mol. The van der Waals surface area contributed by atoms with Gasteiger partial charge in [0.1, 0.15) is 11.4 Å². The van der Waals surface area contributed by atoms with Crippen molar-refractivity contribution in [3.05, 3.63) is 41.7 Å². The third-order valence-corrected chi connectivity index (χ3v) is 2.92. The Bertz CT molecular complexity index is 519. The number of phenolic OH excluding ortho intramolecular Hbond substituents is 1. The molecule has 2 heterocycles. The maximum Gasteiger partial charge on any atom is 0.141 e. The van der Waals surface area contributed by atoms with Crippen molar-refractivity contribution < 1.29 is 5.11 Å². The number of hydrogen-bond donors (Lipinski definition) is 2. The molecule has 16 heavy (non-hydrogen) atoms. The van der Waals surface area contributed by atoms with Crippen LogP contribution >= 0.6 is 0 Å². The number of phenols is 1. The summed E-state index contributed by atoms with van der Waals surface area (Å²) in [5, 5.41) is 17.5. The number of rotatable bonds is 1. The van der Waals surface area contributed by atoms with Crippen LogP contribution in [-0.2, 0) is 13.0 Å². The summed E-state index contributed by atoms with van der Waals surface area (Å²) in [6.07, 6.45) is 2.82. The average Bonchev–Trinajstić information content (AvgIpc) is 2.74. The largest absolute Gasteiger partial charge is 0.506 e. The summed E-state index contributed by atoms with van der Waals surface area (Å²) < 4.78 is 1.84. The molecule has 2 aromatic rings. The average molecular weight is 215 g/mol. The maximum atomic E-state index is 9.81. The minimum Gasteiger partial charge on any atom is -0.506 e. The van der Waals surface area contributed by atoms with E-state index in [9.17, 15) is 5.11 Å². The molecule has 1 aromatic carbocycles. The number of fused-ring (bicyclic) bond motifs is 1. The molecule has 0 atom stereocenters. The Morgan fingerprint density at radius 3 is 3.06 bits per heavy atom. The van der Waals surface area contributed by atoms with Crippen molar-refractivity contribution in [2.45, 2.75) is 13.0 Å². The van der Waals surface area contributed by atoms with Crippen LogP contribution in [0.2, 0.25) is 0 Å². The van der Waals surface area contributed by atoms with E-state index in [-0.39, 0.29) is 5.75 Å². The molecule has 0 saturated carbocycles. The summed E-state index contributed by atoms with van der Waals surface area (Å²) in [7, 11) is 0. The third-order valence-electron chi connectivity index (χ3n) is 2.92. The van der Waals surface area contributed by atoms with Gasteiger partial charge in [0.25, 0.3) is 0 Å². The molecule has 1 aromatic heterocycles. The van der Waals surface area contributed by atoms with Gasteiger partial charge in [0, 0.05) is 25.1 Å². The third kappa shape index (κ3) is 1.39. The van der Waals surface area contributed by atoms with Gasteiger partial charge in [-0.1, -0.05) is 12.1 Å². The van der Waals surface area contributed by atoms with Gasteiger partial charge in [-0.25, -0.2) is 4.68 Å². The van der Waals surface area contributed by atoms with Gasteiger partial charge in [-0.05, 0) is 12.1 Å². The zero-order chi connectivity index (χ0) is 11.0. The minimum atomic E-state index is 0.270.